The van der Waals surface area contributed by atoms with E-state index in [2.05, 4.69) is 11.9 Å². The van der Waals surface area contributed by atoms with Crippen LogP contribution in [0.2, 0.25) is 10.0 Å². The van der Waals surface area contributed by atoms with E-state index < -0.39 is 5.60 Å². The van der Waals surface area contributed by atoms with Crippen molar-refractivity contribution >= 4 is 29.1 Å². The lowest BCUT2D eigenvalue weighted by Gasteiger charge is -2.37. The number of benzene rings is 1. The molecule has 0 bridgehead atoms. The Morgan fingerprint density at radius 3 is 2.43 bits per heavy atom. The van der Waals surface area contributed by atoms with E-state index in [1.54, 1.807) is 32.0 Å². The fraction of sp³-hybridized carbons (Fsp3) is 0.533. The summed E-state index contributed by atoms with van der Waals surface area (Å²) in [4.78, 5) is 16.7. The first-order valence-electron chi connectivity index (χ1n) is 6.91. The minimum Gasteiger partial charge on any atom is -0.476 e. The Morgan fingerprint density at radius 2 is 1.81 bits per heavy atom. The first-order valence-corrected chi connectivity index (χ1v) is 7.67. The van der Waals surface area contributed by atoms with Gasteiger partial charge in [0.05, 0.1) is 5.02 Å². The van der Waals surface area contributed by atoms with Gasteiger partial charge in [0.2, 0.25) is 0 Å². The molecule has 6 heteroatoms. The molecule has 1 saturated heterocycles. The zero-order valence-corrected chi connectivity index (χ0v) is 14.0. The number of rotatable bonds is 3. The van der Waals surface area contributed by atoms with E-state index in [1.165, 1.54) is 0 Å². The van der Waals surface area contributed by atoms with Crippen molar-refractivity contribution in [2.45, 2.75) is 19.4 Å². The lowest BCUT2D eigenvalue weighted by Crippen LogP contribution is -2.55. The van der Waals surface area contributed by atoms with Crippen LogP contribution in [0.5, 0.6) is 5.75 Å². The molecule has 21 heavy (non-hydrogen) atoms. The number of carbonyl (C=O) groups is 1. The summed E-state index contributed by atoms with van der Waals surface area (Å²) < 4.78 is 5.83. The minimum absolute atomic E-state index is 0.0355. The Hall–Kier alpha value is -0.970. The Kier molecular flexibility index (Phi) is 5.02. The highest BCUT2D eigenvalue weighted by molar-refractivity contribution is 6.34. The number of nitrogens with zero attached hydrogens (tertiary/aromatic N) is 2. The van der Waals surface area contributed by atoms with Crippen LogP contribution in [0.1, 0.15) is 13.8 Å². The van der Waals surface area contributed by atoms with Crippen molar-refractivity contribution in [3.05, 3.63) is 28.2 Å². The molecule has 0 aromatic heterocycles. The Bertz CT molecular complexity index is 526. The molecule has 2 rings (SSSR count). The monoisotopic (exact) mass is 330 g/mol. The average molecular weight is 331 g/mol. The van der Waals surface area contributed by atoms with Crippen molar-refractivity contribution in [2.24, 2.45) is 0 Å². The van der Waals surface area contributed by atoms with Gasteiger partial charge in [0.15, 0.2) is 5.60 Å². The van der Waals surface area contributed by atoms with Crippen molar-refractivity contribution in [3.8, 4) is 5.75 Å². The lowest BCUT2D eigenvalue weighted by molar-refractivity contribution is -0.147. The van der Waals surface area contributed by atoms with Crippen LogP contribution in [-0.2, 0) is 4.79 Å². The van der Waals surface area contributed by atoms with E-state index in [9.17, 15) is 4.79 Å². The zero-order chi connectivity index (χ0) is 15.6. The second-order valence-electron chi connectivity index (χ2n) is 5.78. The van der Waals surface area contributed by atoms with Crippen molar-refractivity contribution in [3.63, 3.8) is 0 Å². The maximum absolute atomic E-state index is 12.6. The number of piperazine rings is 1. The number of hydrogen-bond acceptors (Lipinski definition) is 3. The predicted octanol–water partition coefficient (Wildman–Crippen LogP) is 2.92. The Morgan fingerprint density at radius 1 is 1.19 bits per heavy atom. The van der Waals surface area contributed by atoms with E-state index in [1.807, 2.05) is 4.90 Å². The molecule has 0 saturated carbocycles. The lowest BCUT2D eigenvalue weighted by atomic mass is 10.1. The normalized spacial score (nSPS) is 16.9. The summed E-state index contributed by atoms with van der Waals surface area (Å²) in [5, 5.41) is 0.968. The van der Waals surface area contributed by atoms with E-state index in [-0.39, 0.29) is 5.91 Å². The van der Waals surface area contributed by atoms with Crippen molar-refractivity contribution in [1.82, 2.24) is 9.80 Å². The van der Waals surface area contributed by atoms with E-state index in [0.29, 0.717) is 28.9 Å². The molecule has 1 aliphatic rings. The van der Waals surface area contributed by atoms with Crippen molar-refractivity contribution < 1.29 is 9.53 Å². The molecule has 0 atom stereocenters. The highest BCUT2D eigenvalue weighted by Crippen LogP contribution is 2.31. The molecule has 1 fully saturated rings. The van der Waals surface area contributed by atoms with Gasteiger partial charge in [-0.2, -0.15) is 0 Å². The summed E-state index contributed by atoms with van der Waals surface area (Å²) in [6.45, 7) is 6.69. The molecule has 0 aliphatic carbocycles. The average Bonchev–Trinajstić information content (AvgIpc) is 2.43. The molecule has 0 radical (unpaired) electrons. The largest absolute Gasteiger partial charge is 0.476 e. The topological polar surface area (TPSA) is 32.8 Å². The third-order valence-corrected chi connectivity index (χ3v) is 4.11. The van der Waals surface area contributed by atoms with Gasteiger partial charge in [-0.25, -0.2) is 0 Å². The van der Waals surface area contributed by atoms with Crippen LogP contribution in [0.15, 0.2) is 18.2 Å². The standard InChI is InChI=1S/C15H20Cl2N2O2/c1-15(2,14(20)19-8-6-18(3)7-9-19)21-13-10-11(16)4-5-12(13)17/h4-5,10H,6-9H2,1-3H3. The maximum Gasteiger partial charge on any atom is 0.266 e. The van der Waals surface area contributed by atoms with Crippen LogP contribution < -0.4 is 4.74 Å². The van der Waals surface area contributed by atoms with Gasteiger partial charge in [0.1, 0.15) is 5.75 Å². The third kappa shape index (κ3) is 4.02. The van der Waals surface area contributed by atoms with Gasteiger partial charge in [0, 0.05) is 37.3 Å². The number of likely N-dealkylation sites (N-methyl/N-ethyl adjacent to an activating group) is 1. The molecule has 1 aromatic rings. The second kappa shape index (κ2) is 6.42. The predicted molar refractivity (Wildman–Crippen MR) is 85.2 cm³/mol. The van der Waals surface area contributed by atoms with E-state index >= 15 is 0 Å². The molecule has 0 spiro atoms. The van der Waals surface area contributed by atoms with Crippen LogP contribution in [-0.4, -0.2) is 54.5 Å². The molecule has 1 aliphatic heterocycles. The van der Waals surface area contributed by atoms with Gasteiger partial charge in [-0.1, -0.05) is 23.2 Å². The van der Waals surface area contributed by atoms with Gasteiger partial charge in [-0.05, 0) is 33.0 Å². The van der Waals surface area contributed by atoms with Crippen LogP contribution in [0.25, 0.3) is 0 Å². The fourth-order valence-corrected chi connectivity index (χ4v) is 2.58. The molecule has 4 nitrogen and oxygen atoms in total. The van der Waals surface area contributed by atoms with E-state index in [4.69, 9.17) is 27.9 Å². The van der Waals surface area contributed by atoms with Crippen LogP contribution >= 0.6 is 23.2 Å². The number of hydrogen-bond donors (Lipinski definition) is 0. The Balaban J connectivity index is 2.10. The number of halogens is 2. The van der Waals surface area contributed by atoms with E-state index in [0.717, 1.165) is 13.1 Å². The minimum atomic E-state index is -0.982. The molecule has 1 heterocycles. The highest BCUT2D eigenvalue weighted by Gasteiger charge is 2.35. The summed E-state index contributed by atoms with van der Waals surface area (Å²) in [6, 6.07) is 4.98. The number of amides is 1. The molecule has 116 valence electrons. The maximum atomic E-state index is 12.6. The second-order valence-corrected chi connectivity index (χ2v) is 6.63. The summed E-state index contributed by atoms with van der Waals surface area (Å²) >= 11 is 12.0. The fourth-order valence-electron chi connectivity index (χ4n) is 2.26. The first kappa shape index (κ1) is 16.4. The molecule has 1 aromatic carbocycles. The quantitative estimate of drug-likeness (QED) is 0.854. The number of ether oxygens (including phenoxy) is 1. The van der Waals surface area contributed by atoms with Gasteiger partial charge in [-0.15, -0.1) is 0 Å². The van der Waals surface area contributed by atoms with Gasteiger partial charge in [0.25, 0.3) is 5.91 Å². The molecular weight excluding hydrogens is 311 g/mol. The van der Waals surface area contributed by atoms with Crippen LogP contribution in [0.4, 0.5) is 0 Å². The molecule has 1 amide bonds. The SMILES string of the molecule is CN1CCN(C(=O)C(C)(C)Oc2cc(Cl)ccc2Cl)CC1. The van der Waals surface area contributed by atoms with Crippen LogP contribution in [0, 0.1) is 0 Å². The van der Waals surface area contributed by atoms with Gasteiger partial charge >= 0.3 is 0 Å². The molecule has 0 N–H and O–H groups in total. The Labute approximate surface area is 135 Å². The van der Waals surface area contributed by atoms with Crippen molar-refractivity contribution in [2.75, 3.05) is 33.2 Å². The molecular formula is C15H20Cl2N2O2. The first-order chi connectivity index (χ1) is 9.79. The number of carbonyl (C=O) groups excluding carboxylic acids is 1. The summed E-state index contributed by atoms with van der Waals surface area (Å²) in [5.41, 5.74) is -0.982. The van der Waals surface area contributed by atoms with Crippen molar-refractivity contribution in [1.29, 1.82) is 0 Å². The third-order valence-electron chi connectivity index (χ3n) is 3.56. The smallest absolute Gasteiger partial charge is 0.266 e. The summed E-state index contributed by atoms with van der Waals surface area (Å²) in [5.74, 6) is 0.392. The van der Waals surface area contributed by atoms with Crippen LogP contribution in [0.3, 0.4) is 0 Å². The molecule has 0 unspecified atom stereocenters. The van der Waals surface area contributed by atoms with Gasteiger partial charge < -0.3 is 14.5 Å². The summed E-state index contributed by atoms with van der Waals surface area (Å²) in [6.07, 6.45) is 0. The van der Waals surface area contributed by atoms with Gasteiger partial charge in [-0.3, -0.25) is 4.79 Å². The summed E-state index contributed by atoms with van der Waals surface area (Å²) in [7, 11) is 2.05. The zero-order valence-electron chi connectivity index (χ0n) is 12.5. The highest BCUT2D eigenvalue weighted by atomic mass is 35.5.